The molecule has 2 aromatic heterocycles. The Kier molecular flexibility index (Phi) is 8.79. The molecule has 1 saturated heterocycles. The standard InChI is InChI=1S/C29H23F6N7O3S/c1-15(2)19-7-4-16(3)10-22(19)42-24(43)13-46-27(42)39-26(44)38-21-8-5-17(11-20(21)28(30,31)32)25-37-14-41(40-25)23-9-6-18(12-36-23)45-29(33,34)35/h4-12,14-15H,13H2,1-3H3,(H,38,44)/b39-27-. The molecule has 0 aliphatic carbocycles. The van der Waals surface area contributed by atoms with Crippen molar-refractivity contribution in [3.8, 4) is 23.0 Å². The number of carbonyl (C=O) groups is 2. The molecule has 0 bridgehead atoms. The number of alkyl halides is 6. The van der Waals surface area contributed by atoms with Crippen LogP contribution >= 0.6 is 11.8 Å². The van der Waals surface area contributed by atoms with E-state index >= 15 is 0 Å². The summed E-state index contributed by atoms with van der Waals surface area (Å²) in [6.45, 7) is 5.73. The third kappa shape index (κ3) is 7.30. The molecule has 240 valence electrons. The molecule has 0 atom stereocenters. The third-order valence-corrected chi connectivity index (χ3v) is 7.44. The summed E-state index contributed by atoms with van der Waals surface area (Å²) in [5, 5.41) is 6.26. The van der Waals surface area contributed by atoms with Gasteiger partial charge in [-0.1, -0.05) is 37.7 Å². The largest absolute Gasteiger partial charge is 0.573 e. The number of ether oxygens (including phenoxy) is 1. The maximum atomic E-state index is 14.1. The predicted molar refractivity (Wildman–Crippen MR) is 158 cm³/mol. The van der Waals surface area contributed by atoms with Crippen molar-refractivity contribution in [1.29, 1.82) is 0 Å². The van der Waals surface area contributed by atoms with Gasteiger partial charge in [-0.25, -0.2) is 19.4 Å². The summed E-state index contributed by atoms with van der Waals surface area (Å²) in [5.74, 6) is -0.992. The van der Waals surface area contributed by atoms with Gasteiger partial charge in [-0.05, 0) is 60.4 Å². The average Bonchev–Trinajstić information content (AvgIpc) is 3.59. The van der Waals surface area contributed by atoms with Crippen molar-refractivity contribution in [2.24, 2.45) is 4.99 Å². The van der Waals surface area contributed by atoms with E-state index in [0.717, 1.165) is 64.4 Å². The number of amidine groups is 1. The number of urea groups is 1. The second-order valence-electron chi connectivity index (χ2n) is 10.2. The van der Waals surface area contributed by atoms with Gasteiger partial charge < -0.3 is 10.1 Å². The molecule has 0 spiro atoms. The molecule has 4 aromatic rings. The summed E-state index contributed by atoms with van der Waals surface area (Å²) in [7, 11) is 0. The van der Waals surface area contributed by atoms with Crippen molar-refractivity contribution >= 4 is 40.2 Å². The number of pyridine rings is 1. The Morgan fingerprint density at radius 3 is 2.46 bits per heavy atom. The highest BCUT2D eigenvalue weighted by Crippen LogP contribution is 2.38. The molecular weight excluding hydrogens is 640 g/mol. The Morgan fingerprint density at radius 1 is 1.04 bits per heavy atom. The van der Waals surface area contributed by atoms with Crippen LogP contribution in [0.2, 0.25) is 0 Å². The summed E-state index contributed by atoms with van der Waals surface area (Å²) in [6, 6.07) is 9.57. The van der Waals surface area contributed by atoms with Crippen LogP contribution in [0.25, 0.3) is 17.2 Å². The van der Waals surface area contributed by atoms with Crippen LogP contribution < -0.4 is 15.0 Å². The minimum absolute atomic E-state index is 0.000730. The maximum absolute atomic E-state index is 14.1. The number of aromatic nitrogens is 4. The van der Waals surface area contributed by atoms with Crippen molar-refractivity contribution in [3.63, 3.8) is 0 Å². The van der Waals surface area contributed by atoms with Gasteiger partial charge in [0.15, 0.2) is 16.8 Å². The first-order valence-corrected chi connectivity index (χ1v) is 14.4. The van der Waals surface area contributed by atoms with Gasteiger partial charge in [0.2, 0.25) is 5.91 Å². The number of aliphatic imine (C=N–C) groups is 1. The number of halogens is 6. The highest BCUT2D eigenvalue weighted by Gasteiger charge is 2.36. The lowest BCUT2D eigenvalue weighted by Crippen LogP contribution is -2.31. The van der Waals surface area contributed by atoms with E-state index in [2.05, 4.69) is 30.1 Å². The van der Waals surface area contributed by atoms with Crippen LogP contribution in [-0.4, -0.2) is 49.0 Å². The van der Waals surface area contributed by atoms with Crippen LogP contribution in [-0.2, 0) is 11.0 Å². The van der Waals surface area contributed by atoms with Crippen molar-refractivity contribution in [1.82, 2.24) is 19.7 Å². The zero-order valence-corrected chi connectivity index (χ0v) is 25.0. The predicted octanol–water partition coefficient (Wildman–Crippen LogP) is 7.35. The topological polar surface area (TPSA) is 115 Å². The SMILES string of the molecule is Cc1ccc(C(C)C)c(N2C(=O)CS/C2=N\C(=O)Nc2ccc(-c3ncn(-c4ccc(OC(F)(F)F)cn4)n3)cc2C(F)(F)F)c1. The van der Waals surface area contributed by atoms with Crippen molar-refractivity contribution in [2.45, 2.75) is 39.2 Å². The van der Waals surface area contributed by atoms with Crippen LogP contribution in [0.3, 0.4) is 0 Å². The number of hydrogen-bond donors (Lipinski definition) is 1. The van der Waals surface area contributed by atoms with Crippen LogP contribution in [0, 0.1) is 6.92 Å². The van der Waals surface area contributed by atoms with Crippen LogP contribution in [0.15, 0.2) is 66.0 Å². The average molecular weight is 664 g/mol. The number of rotatable bonds is 6. The van der Waals surface area contributed by atoms with E-state index in [1.165, 1.54) is 11.0 Å². The Labute approximate surface area is 261 Å². The highest BCUT2D eigenvalue weighted by atomic mass is 32.2. The lowest BCUT2D eigenvalue weighted by atomic mass is 9.99. The molecule has 1 aliphatic heterocycles. The molecule has 3 heterocycles. The first-order chi connectivity index (χ1) is 21.6. The Hall–Kier alpha value is -4.93. The molecule has 5 rings (SSSR count). The van der Waals surface area contributed by atoms with Gasteiger partial charge in [-0.2, -0.15) is 18.2 Å². The summed E-state index contributed by atoms with van der Waals surface area (Å²) >= 11 is 0.994. The molecule has 1 fully saturated rings. The lowest BCUT2D eigenvalue weighted by molar-refractivity contribution is -0.274. The fourth-order valence-electron chi connectivity index (χ4n) is 4.48. The molecule has 10 nitrogen and oxygen atoms in total. The van der Waals surface area contributed by atoms with Gasteiger partial charge in [-0.3, -0.25) is 9.69 Å². The molecule has 1 N–H and O–H groups in total. The summed E-state index contributed by atoms with van der Waals surface area (Å²) in [4.78, 5) is 38.7. The van der Waals surface area contributed by atoms with E-state index in [1.54, 1.807) is 6.07 Å². The number of aryl methyl sites for hydroxylation is 1. The smallest absolute Gasteiger partial charge is 0.404 e. The first-order valence-electron chi connectivity index (χ1n) is 13.4. The van der Waals surface area contributed by atoms with Gasteiger partial charge in [0, 0.05) is 5.56 Å². The van der Waals surface area contributed by atoms with E-state index in [9.17, 15) is 35.9 Å². The minimum atomic E-state index is -4.91. The minimum Gasteiger partial charge on any atom is -0.404 e. The molecule has 0 saturated carbocycles. The van der Waals surface area contributed by atoms with E-state index in [4.69, 9.17) is 0 Å². The number of nitrogens with one attached hydrogen (secondary N) is 1. The van der Waals surface area contributed by atoms with Crippen molar-refractivity contribution in [3.05, 3.63) is 77.7 Å². The van der Waals surface area contributed by atoms with E-state index in [-0.39, 0.29) is 40.0 Å². The van der Waals surface area contributed by atoms with Gasteiger partial charge in [0.25, 0.3) is 0 Å². The van der Waals surface area contributed by atoms with Crippen LogP contribution in [0.1, 0.15) is 36.5 Å². The Bertz CT molecular complexity index is 1820. The Balaban J connectivity index is 1.39. The normalized spacial score (nSPS) is 14.8. The van der Waals surface area contributed by atoms with E-state index < -0.39 is 35.6 Å². The number of amides is 3. The number of thioether (sulfide) groups is 1. The molecule has 0 radical (unpaired) electrons. The molecular formula is C29H23F6N7O3S. The monoisotopic (exact) mass is 663 g/mol. The second kappa shape index (κ2) is 12.5. The third-order valence-electron chi connectivity index (χ3n) is 6.52. The quantitative estimate of drug-likeness (QED) is 0.215. The van der Waals surface area contributed by atoms with Gasteiger partial charge >= 0.3 is 18.6 Å². The number of nitrogens with zero attached hydrogens (tertiary/aromatic N) is 6. The second-order valence-corrected chi connectivity index (χ2v) is 11.2. The zero-order chi connectivity index (χ0) is 33.4. The van der Waals surface area contributed by atoms with Gasteiger partial charge in [0.05, 0.1) is 28.9 Å². The summed E-state index contributed by atoms with van der Waals surface area (Å²) in [5.41, 5.74) is 0.372. The van der Waals surface area contributed by atoms with E-state index in [0.29, 0.717) is 5.69 Å². The molecule has 17 heteroatoms. The first kappa shape index (κ1) is 32.5. The van der Waals surface area contributed by atoms with Crippen molar-refractivity contribution < 1.29 is 40.7 Å². The number of benzene rings is 2. The van der Waals surface area contributed by atoms with Gasteiger partial charge in [0.1, 0.15) is 12.1 Å². The number of carbonyl (C=O) groups excluding carboxylic acids is 2. The summed E-state index contributed by atoms with van der Waals surface area (Å²) in [6.07, 6.45) is -7.91. The fraction of sp³-hybridized carbons (Fsp3) is 0.241. The van der Waals surface area contributed by atoms with Crippen LogP contribution in [0.4, 0.5) is 42.5 Å². The molecule has 1 aliphatic rings. The number of hydrogen-bond acceptors (Lipinski definition) is 7. The molecule has 2 aromatic carbocycles. The number of anilines is 2. The molecule has 46 heavy (non-hydrogen) atoms. The molecule has 0 unspecified atom stereocenters. The highest BCUT2D eigenvalue weighted by molar-refractivity contribution is 8.15. The zero-order valence-electron chi connectivity index (χ0n) is 24.1. The summed E-state index contributed by atoms with van der Waals surface area (Å²) < 4.78 is 84.4. The van der Waals surface area contributed by atoms with Crippen LogP contribution in [0.5, 0.6) is 5.75 Å². The van der Waals surface area contributed by atoms with Crippen molar-refractivity contribution in [2.75, 3.05) is 16.0 Å². The lowest BCUT2D eigenvalue weighted by Gasteiger charge is -2.22. The maximum Gasteiger partial charge on any atom is 0.573 e. The fourth-order valence-corrected chi connectivity index (χ4v) is 5.34. The van der Waals surface area contributed by atoms with E-state index in [1.807, 2.05) is 32.9 Å². The molecule has 3 amide bonds. The Morgan fingerprint density at radius 2 is 1.80 bits per heavy atom. The van der Waals surface area contributed by atoms with Gasteiger partial charge in [-0.15, -0.1) is 18.3 Å².